The van der Waals surface area contributed by atoms with E-state index >= 15 is 0 Å². The number of benzene rings is 1. The Morgan fingerprint density at radius 1 is 1.33 bits per heavy atom. The van der Waals surface area contributed by atoms with E-state index < -0.39 is 0 Å². The number of rotatable bonds is 7. The highest BCUT2D eigenvalue weighted by atomic mass is 35.5. The molecular formula is C14H18Cl2N2O3. The van der Waals surface area contributed by atoms with E-state index in [0.717, 1.165) is 0 Å². The third kappa shape index (κ3) is 6.33. The van der Waals surface area contributed by atoms with Gasteiger partial charge in [-0.2, -0.15) is 0 Å². The van der Waals surface area contributed by atoms with Crippen molar-refractivity contribution >= 4 is 40.8 Å². The zero-order valence-electron chi connectivity index (χ0n) is 12.0. The van der Waals surface area contributed by atoms with Gasteiger partial charge < -0.3 is 10.1 Å². The Hall–Kier alpha value is -1.30. The largest absolute Gasteiger partial charge is 0.468 e. The van der Waals surface area contributed by atoms with Crippen molar-refractivity contribution in [3.8, 4) is 0 Å². The molecule has 5 nitrogen and oxygen atoms in total. The summed E-state index contributed by atoms with van der Waals surface area (Å²) in [5.74, 6) is -0.516. The summed E-state index contributed by atoms with van der Waals surface area (Å²) in [5.41, 5.74) is 0.477. The van der Waals surface area contributed by atoms with E-state index in [1.54, 1.807) is 18.2 Å². The summed E-state index contributed by atoms with van der Waals surface area (Å²) < 4.78 is 4.60. The molecule has 1 rings (SSSR count). The maximum absolute atomic E-state index is 11.9. The van der Waals surface area contributed by atoms with E-state index in [-0.39, 0.29) is 24.8 Å². The Morgan fingerprint density at radius 2 is 2.05 bits per heavy atom. The molecule has 0 saturated carbocycles. The number of methoxy groups -OCH3 is 1. The first-order chi connectivity index (χ1) is 9.96. The van der Waals surface area contributed by atoms with E-state index in [4.69, 9.17) is 23.2 Å². The second-order valence-electron chi connectivity index (χ2n) is 4.37. The van der Waals surface area contributed by atoms with Gasteiger partial charge in [-0.15, -0.1) is 0 Å². The molecule has 0 fully saturated rings. The average molecular weight is 333 g/mol. The molecule has 0 spiro atoms. The van der Waals surface area contributed by atoms with Gasteiger partial charge in [-0.3, -0.25) is 14.5 Å². The first-order valence-electron chi connectivity index (χ1n) is 6.50. The maximum Gasteiger partial charge on any atom is 0.319 e. The van der Waals surface area contributed by atoms with Crippen LogP contribution >= 0.6 is 23.2 Å². The number of anilines is 1. The zero-order valence-corrected chi connectivity index (χ0v) is 13.5. The number of hydrogen-bond acceptors (Lipinski definition) is 4. The summed E-state index contributed by atoms with van der Waals surface area (Å²) in [6, 6.07) is 4.86. The van der Waals surface area contributed by atoms with Crippen LogP contribution in [0.2, 0.25) is 10.0 Å². The molecule has 0 aliphatic heterocycles. The molecule has 0 aliphatic rings. The molecule has 0 bridgehead atoms. The van der Waals surface area contributed by atoms with Crippen LogP contribution in [-0.2, 0) is 14.3 Å². The minimum Gasteiger partial charge on any atom is -0.468 e. The number of nitrogens with one attached hydrogen (secondary N) is 1. The van der Waals surface area contributed by atoms with Crippen LogP contribution in [0.4, 0.5) is 5.69 Å². The third-order valence-electron chi connectivity index (χ3n) is 2.89. The molecule has 7 heteroatoms. The Kier molecular flexibility index (Phi) is 7.50. The van der Waals surface area contributed by atoms with Crippen molar-refractivity contribution < 1.29 is 14.3 Å². The lowest BCUT2D eigenvalue weighted by molar-refractivity contribution is -0.142. The number of amides is 1. The fourth-order valence-corrected chi connectivity index (χ4v) is 2.00. The van der Waals surface area contributed by atoms with Crippen LogP contribution in [0.1, 0.15) is 13.3 Å². The molecule has 21 heavy (non-hydrogen) atoms. The van der Waals surface area contributed by atoms with Crippen LogP contribution in [0.25, 0.3) is 0 Å². The highest BCUT2D eigenvalue weighted by Gasteiger charge is 2.12. The summed E-state index contributed by atoms with van der Waals surface area (Å²) in [6.45, 7) is 3.18. The minimum atomic E-state index is -0.324. The van der Waals surface area contributed by atoms with Gasteiger partial charge in [0.05, 0.1) is 24.4 Å². The second kappa shape index (κ2) is 8.87. The predicted octanol–water partition coefficient (Wildman–Crippen LogP) is 2.82. The van der Waals surface area contributed by atoms with E-state index in [2.05, 4.69) is 10.1 Å². The number of likely N-dealkylation sites (N-methyl/N-ethyl adjacent to an activating group) is 1. The van der Waals surface area contributed by atoms with Gasteiger partial charge in [-0.05, 0) is 24.7 Å². The summed E-state index contributed by atoms with van der Waals surface area (Å²) in [7, 11) is 1.34. The molecule has 0 aromatic heterocycles. The van der Waals surface area contributed by atoms with Crippen molar-refractivity contribution in [3.63, 3.8) is 0 Å². The topological polar surface area (TPSA) is 58.6 Å². The van der Waals surface area contributed by atoms with Crippen molar-refractivity contribution in [1.82, 2.24) is 4.90 Å². The molecule has 116 valence electrons. The summed E-state index contributed by atoms with van der Waals surface area (Å²) in [5, 5.41) is 3.62. The Morgan fingerprint density at radius 3 is 2.67 bits per heavy atom. The van der Waals surface area contributed by atoms with Gasteiger partial charge in [-0.1, -0.05) is 30.1 Å². The first kappa shape index (κ1) is 17.8. The van der Waals surface area contributed by atoms with Crippen molar-refractivity contribution in [1.29, 1.82) is 0 Å². The fourth-order valence-electron chi connectivity index (χ4n) is 1.66. The number of ether oxygens (including phenoxy) is 1. The third-order valence-corrected chi connectivity index (χ3v) is 3.45. The van der Waals surface area contributed by atoms with Crippen LogP contribution in [0.15, 0.2) is 18.2 Å². The summed E-state index contributed by atoms with van der Waals surface area (Å²) in [4.78, 5) is 24.9. The molecule has 1 N–H and O–H groups in total. The lowest BCUT2D eigenvalue weighted by Crippen LogP contribution is -2.33. The number of nitrogens with zero attached hydrogens (tertiary/aromatic N) is 1. The Bertz CT molecular complexity index is 509. The molecule has 0 radical (unpaired) electrons. The van der Waals surface area contributed by atoms with E-state index in [0.29, 0.717) is 28.8 Å². The SMILES string of the molecule is CCN(CCC(=O)Nc1cc(Cl)ccc1Cl)CC(=O)OC. The highest BCUT2D eigenvalue weighted by molar-refractivity contribution is 6.35. The van der Waals surface area contributed by atoms with Gasteiger partial charge in [0.25, 0.3) is 0 Å². The summed E-state index contributed by atoms with van der Waals surface area (Å²) >= 11 is 11.8. The molecule has 0 unspecified atom stereocenters. The van der Waals surface area contributed by atoms with Gasteiger partial charge in [0.2, 0.25) is 5.91 Å². The number of esters is 1. The lowest BCUT2D eigenvalue weighted by Gasteiger charge is -2.18. The van der Waals surface area contributed by atoms with Gasteiger partial charge in [0.1, 0.15) is 0 Å². The zero-order chi connectivity index (χ0) is 15.8. The molecular weight excluding hydrogens is 315 g/mol. The fraction of sp³-hybridized carbons (Fsp3) is 0.429. The number of halogens is 2. The molecule has 1 aromatic carbocycles. The van der Waals surface area contributed by atoms with Crippen molar-refractivity contribution in [2.45, 2.75) is 13.3 Å². The molecule has 0 heterocycles. The second-order valence-corrected chi connectivity index (χ2v) is 5.21. The van der Waals surface area contributed by atoms with Crippen molar-refractivity contribution in [2.24, 2.45) is 0 Å². The van der Waals surface area contributed by atoms with Crippen LogP contribution in [0.5, 0.6) is 0 Å². The quantitative estimate of drug-likeness (QED) is 0.780. The Labute approximate surface area is 134 Å². The smallest absolute Gasteiger partial charge is 0.319 e. The van der Waals surface area contributed by atoms with Crippen LogP contribution in [0.3, 0.4) is 0 Å². The maximum atomic E-state index is 11.9. The van der Waals surface area contributed by atoms with E-state index in [1.807, 2.05) is 11.8 Å². The standard InChI is InChI=1S/C14H18Cl2N2O3/c1-3-18(9-14(20)21-2)7-6-13(19)17-12-8-10(15)4-5-11(12)16/h4-5,8H,3,6-7,9H2,1-2H3,(H,17,19). The Balaban J connectivity index is 2.49. The average Bonchev–Trinajstić information content (AvgIpc) is 2.46. The van der Waals surface area contributed by atoms with Gasteiger partial charge in [-0.25, -0.2) is 0 Å². The van der Waals surface area contributed by atoms with Crippen LogP contribution < -0.4 is 5.32 Å². The van der Waals surface area contributed by atoms with Gasteiger partial charge in [0.15, 0.2) is 0 Å². The van der Waals surface area contributed by atoms with Gasteiger partial charge >= 0.3 is 5.97 Å². The predicted molar refractivity (Wildman–Crippen MR) is 83.8 cm³/mol. The van der Waals surface area contributed by atoms with E-state index in [1.165, 1.54) is 7.11 Å². The monoisotopic (exact) mass is 332 g/mol. The van der Waals surface area contributed by atoms with Crippen molar-refractivity contribution in [3.05, 3.63) is 28.2 Å². The summed E-state index contributed by atoms with van der Waals surface area (Å²) in [6.07, 6.45) is 0.244. The number of carbonyl (C=O) groups excluding carboxylic acids is 2. The molecule has 1 amide bonds. The molecule has 0 atom stereocenters. The first-order valence-corrected chi connectivity index (χ1v) is 7.26. The highest BCUT2D eigenvalue weighted by Crippen LogP contribution is 2.25. The van der Waals surface area contributed by atoms with Crippen LogP contribution in [0, 0.1) is 0 Å². The molecule has 0 saturated heterocycles. The molecule has 1 aromatic rings. The molecule has 0 aliphatic carbocycles. The lowest BCUT2D eigenvalue weighted by atomic mass is 10.3. The van der Waals surface area contributed by atoms with Crippen molar-refractivity contribution in [2.75, 3.05) is 32.1 Å². The number of hydrogen-bond donors (Lipinski definition) is 1. The minimum absolute atomic E-state index is 0.165. The normalized spacial score (nSPS) is 10.5. The number of carbonyl (C=O) groups is 2. The van der Waals surface area contributed by atoms with Crippen LogP contribution in [-0.4, -0.2) is 43.5 Å². The van der Waals surface area contributed by atoms with E-state index in [9.17, 15) is 9.59 Å². The van der Waals surface area contributed by atoms with Gasteiger partial charge in [0, 0.05) is 18.0 Å².